The molecule has 1 aromatic rings. The number of amides is 1. The van der Waals surface area contributed by atoms with Gasteiger partial charge < -0.3 is 4.90 Å². The highest BCUT2D eigenvalue weighted by molar-refractivity contribution is 8.00. The molecule has 16 heavy (non-hydrogen) atoms. The van der Waals surface area contributed by atoms with E-state index in [4.69, 9.17) is 0 Å². The van der Waals surface area contributed by atoms with Crippen LogP contribution < -0.4 is 4.90 Å². The van der Waals surface area contributed by atoms with E-state index >= 15 is 0 Å². The van der Waals surface area contributed by atoms with Gasteiger partial charge in [-0.15, -0.1) is 11.8 Å². The molecule has 3 heteroatoms. The van der Waals surface area contributed by atoms with Crippen molar-refractivity contribution in [1.82, 2.24) is 0 Å². The Morgan fingerprint density at radius 3 is 2.81 bits per heavy atom. The lowest BCUT2D eigenvalue weighted by Gasteiger charge is -2.28. The van der Waals surface area contributed by atoms with Crippen molar-refractivity contribution in [1.29, 1.82) is 0 Å². The SMILES string of the molecule is CCN1C(=O)CSc2ccc(C(C)C)cc21. The minimum absolute atomic E-state index is 0.223. The van der Waals surface area contributed by atoms with Gasteiger partial charge in [-0.05, 0) is 30.5 Å². The van der Waals surface area contributed by atoms with Crippen LogP contribution in [0.4, 0.5) is 5.69 Å². The molecule has 0 radical (unpaired) electrons. The van der Waals surface area contributed by atoms with Crippen LogP contribution in [-0.2, 0) is 4.79 Å². The molecule has 0 fully saturated rings. The Morgan fingerprint density at radius 1 is 1.44 bits per heavy atom. The van der Waals surface area contributed by atoms with Crippen LogP contribution in [0.25, 0.3) is 0 Å². The topological polar surface area (TPSA) is 20.3 Å². The van der Waals surface area contributed by atoms with E-state index in [1.807, 2.05) is 11.8 Å². The molecule has 1 aromatic carbocycles. The molecule has 1 aliphatic heterocycles. The summed E-state index contributed by atoms with van der Waals surface area (Å²) in [4.78, 5) is 14.9. The summed E-state index contributed by atoms with van der Waals surface area (Å²) in [6.07, 6.45) is 0. The lowest BCUT2D eigenvalue weighted by molar-refractivity contribution is -0.116. The molecular weight excluding hydrogens is 218 g/mol. The average molecular weight is 235 g/mol. The highest BCUT2D eigenvalue weighted by Gasteiger charge is 2.23. The maximum atomic E-state index is 11.8. The number of benzene rings is 1. The Bertz CT molecular complexity index is 414. The van der Waals surface area contributed by atoms with Gasteiger partial charge in [-0.3, -0.25) is 4.79 Å². The minimum Gasteiger partial charge on any atom is -0.311 e. The van der Waals surface area contributed by atoms with Crippen molar-refractivity contribution in [2.75, 3.05) is 17.2 Å². The first kappa shape index (κ1) is 11.5. The first-order valence-electron chi connectivity index (χ1n) is 5.70. The Hall–Kier alpha value is -0.960. The number of hydrogen-bond donors (Lipinski definition) is 0. The first-order valence-corrected chi connectivity index (χ1v) is 6.69. The summed E-state index contributed by atoms with van der Waals surface area (Å²) in [6.45, 7) is 7.14. The largest absolute Gasteiger partial charge is 0.311 e. The van der Waals surface area contributed by atoms with E-state index in [0.29, 0.717) is 11.7 Å². The standard InChI is InChI=1S/C13H17NOS/c1-4-14-11-7-10(9(2)3)5-6-12(11)16-8-13(14)15/h5-7,9H,4,8H2,1-3H3. The second-order valence-corrected chi connectivity index (χ2v) is 5.33. The van der Waals surface area contributed by atoms with Crippen molar-refractivity contribution in [3.63, 3.8) is 0 Å². The first-order chi connectivity index (χ1) is 7.63. The predicted molar refractivity (Wildman–Crippen MR) is 69.3 cm³/mol. The van der Waals surface area contributed by atoms with Gasteiger partial charge in [0.05, 0.1) is 11.4 Å². The smallest absolute Gasteiger partial charge is 0.237 e. The number of thioether (sulfide) groups is 1. The van der Waals surface area contributed by atoms with Crippen LogP contribution in [0.2, 0.25) is 0 Å². The van der Waals surface area contributed by atoms with E-state index in [0.717, 1.165) is 12.2 Å². The molecule has 1 amide bonds. The summed E-state index contributed by atoms with van der Waals surface area (Å²) in [5, 5.41) is 0. The van der Waals surface area contributed by atoms with Crippen molar-refractivity contribution in [3.8, 4) is 0 Å². The van der Waals surface area contributed by atoms with Crippen LogP contribution in [0.15, 0.2) is 23.1 Å². The lowest BCUT2D eigenvalue weighted by Crippen LogP contribution is -2.35. The molecule has 0 bridgehead atoms. The Balaban J connectivity index is 2.45. The summed E-state index contributed by atoms with van der Waals surface area (Å²) in [5.41, 5.74) is 2.39. The van der Waals surface area contributed by atoms with Gasteiger partial charge in [-0.2, -0.15) is 0 Å². The number of carbonyl (C=O) groups is 1. The third kappa shape index (κ3) is 1.96. The van der Waals surface area contributed by atoms with Crippen molar-refractivity contribution >= 4 is 23.4 Å². The Kier molecular flexibility index (Phi) is 3.24. The summed E-state index contributed by atoms with van der Waals surface area (Å²) < 4.78 is 0. The monoisotopic (exact) mass is 235 g/mol. The van der Waals surface area contributed by atoms with E-state index in [2.05, 4.69) is 32.0 Å². The minimum atomic E-state index is 0.223. The molecule has 0 atom stereocenters. The van der Waals surface area contributed by atoms with Gasteiger partial charge in [0.25, 0.3) is 0 Å². The normalized spacial score (nSPS) is 15.5. The number of rotatable bonds is 2. The number of anilines is 1. The van der Waals surface area contributed by atoms with Gasteiger partial charge in [-0.25, -0.2) is 0 Å². The molecule has 0 spiro atoms. The maximum Gasteiger partial charge on any atom is 0.237 e. The van der Waals surface area contributed by atoms with Crippen molar-refractivity contribution in [3.05, 3.63) is 23.8 Å². The highest BCUT2D eigenvalue weighted by atomic mass is 32.2. The second-order valence-electron chi connectivity index (χ2n) is 4.31. The zero-order valence-electron chi connectivity index (χ0n) is 9.99. The van der Waals surface area contributed by atoms with E-state index in [1.54, 1.807) is 11.8 Å². The molecular formula is C13H17NOS. The summed E-state index contributed by atoms with van der Waals surface area (Å²) in [5.74, 6) is 1.30. The maximum absolute atomic E-state index is 11.8. The summed E-state index contributed by atoms with van der Waals surface area (Å²) in [7, 11) is 0. The van der Waals surface area contributed by atoms with E-state index in [9.17, 15) is 4.79 Å². The molecule has 86 valence electrons. The zero-order valence-corrected chi connectivity index (χ0v) is 10.8. The molecule has 0 saturated carbocycles. The molecule has 0 unspecified atom stereocenters. The quantitative estimate of drug-likeness (QED) is 0.784. The van der Waals surface area contributed by atoms with E-state index in [1.165, 1.54) is 10.5 Å². The number of hydrogen-bond acceptors (Lipinski definition) is 2. The van der Waals surface area contributed by atoms with Gasteiger partial charge in [0, 0.05) is 11.4 Å². The van der Waals surface area contributed by atoms with Crippen LogP contribution in [0.3, 0.4) is 0 Å². The summed E-state index contributed by atoms with van der Waals surface area (Å²) in [6, 6.07) is 6.47. The van der Waals surface area contributed by atoms with Crippen LogP contribution in [-0.4, -0.2) is 18.2 Å². The fourth-order valence-electron chi connectivity index (χ4n) is 1.92. The fourth-order valence-corrected chi connectivity index (χ4v) is 2.84. The number of carbonyl (C=O) groups excluding carboxylic acids is 1. The third-order valence-electron chi connectivity index (χ3n) is 2.91. The highest BCUT2D eigenvalue weighted by Crippen LogP contribution is 2.36. The van der Waals surface area contributed by atoms with Crippen LogP contribution in [0, 0.1) is 0 Å². The summed E-state index contributed by atoms with van der Waals surface area (Å²) >= 11 is 1.65. The van der Waals surface area contributed by atoms with Crippen molar-refractivity contribution in [2.24, 2.45) is 0 Å². The van der Waals surface area contributed by atoms with Crippen molar-refractivity contribution in [2.45, 2.75) is 31.6 Å². The van der Waals surface area contributed by atoms with E-state index < -0.39 is 0 Å². The van der Waals surface area contributed by atoms with Crippen LogP contribution in [0.5, 0.6) is 0 Å². The third-order valence-corrected chi connectivity index (χ3v) is 3.96. The van der Waals surface area contributed by atoms with Gasteiger partial charge in [0.2, 0.25) is 5.91 Å². The Labute approximate surface area is 101 Å². The molecule has 1 aliphatic rings. The van der Waals surface area contributed by atoms with Gasteiger partial charge >= 0.3 is 0 Å². The fraction of sp³-hybridized carbons (Fsp3) is 0.462. The zero-order chi connectivity index (χ0) is 11.7. The predicted octanol–water partition coefficient (Wildman–Crippen LogP) is 3.27. The van der Waals surface area contributed by atoms with Gasteiger partial charge in [-0.1, -0.05) is 19.9 Å². The molecule has 2 nitrogen and oxygen atoms in total. The molecule has 0 N–H and O–H groups in total. The molecule has 0 aliphatic carbocycles. The van der Waals surface area contributed by atoms with Gasteiger partial charge in [0.1, 0.15) is 0 Å². The molecule has 1 heterocycles. The number of nitrogens with zero attached hydrogens (tertiary/aromatic N) is 1. The van der Waals surface area contributed by atoms with E-state index in [-0.39, 0.29) is 5.91 Å². The molecule has 0 aromatic heterocycles. The van der Waals surface area contributed by atoms with Crippen LogP contribution in [0.1, 0.15) is 32.3 Å². The Morgan fingerprint density at radius 2 is 2.19 bits per heavy atom. The van der Waals surface area contributed by atoms with Gasteiger partial charge in [0.15, 0.2) is 0 Å². The van der Waals surface area contributed by atoms with Crippen LogP contribution >= 0.6 is 11.8 Å². The second kappa shape index (κ2) is 4.50. The molecule has 2 rings (SSSR count). The lowest BCUT2D eigenvalue weighted by atomic mass is 10.0. The average Bonchev–Trinajstić information content (AvgIpc) is 2.28. The van der Waals surface area contributed by atoms with Crippen molar-refractivity contribution < 1.29 is 4.79 Å². The number of fused-ring (bicyclic) bond motifs is 1. The molecule has 0 saturated heterocycles.